The first-order valence-corrected chi connectivity index (χ1v) is 8.95. The van der Waals surface area contributed by atoms with E-state index in [0.29, 0.717) is 11.6 Å². The summed E-state index contributed by atoms with van der Waals surface area (Å²) in [6.45, 7) is 3.58. The highest BCUT2D eigenvalue weighted by molar-refractivity contribution is 5.91. The molecule has 134 valence electrons. The molecule has 2 bridgehead atoms. The van der Waals surface area contributed by atoms with E-state index in [9.17, 15) is 9.18 Å². The molecule has 26 heavy (non-hydrogen) atoms. The molecule has 3 atom stereocenters. The van der Waals surface area contributed by atoms with E-state index in [1.165, 1.54) is 23.3 Å². The molecule has 2 aromatic carbocycles. The van der Waals surface area contributed by atoms with Gasteiger partial charge in [-0.1, -0.05) is 36.4 Å². The number of nitrogens with one attached hydrogen (secondary N) is 2. The number of piperazine rings is 1. The molecule has 2 fully saturated rings. The van der Waals surface area contributed by atoms with Gasteiger partial charge in [0.05, 0.1) is 12.1 Å². The molecule has 2 heterocycles. The molecule has 1 unspecified atom stereocenters. The van der Waals surface area contributed by atoms with Crippen molar-refractivity contribution in [3.05, 3.63) is 71.6 Å². The Kier molecular flexibility index (Phi) is 4.47. The third-order valence-corrected chi connectivity index (χ3v) is 5.26. The number of rotatable bonds is 3. The highest BCUT2D eigenvalue weighted by Gasteiger charge is 2.53. The van der Waals surface area contributed by atoms with E-state index >= 15 is 0 Å². The van der Waals surface area contributed by atoms with Crippen molar-refractivity contribution in [3.63, 3.8) is 0 Å². The van der Waals surface area contributed by atoms with E-state index in [0.717, 1.165) is 13.1 Å². The molecular formula is C21H22FN3O. The molecule has 2 amide bonds. The van der Waals surface area contributed by atoms with Crippen molar-refractivity contribution < 1.29 is 9.18 Å². The molecule has 2 saturated heterocycles. The fourth-order valence-electron chi connectivity index (χ4n) is 4.07. The lowest BCUT2D eigenvalue weighted by Crippen LogP contribution is -2.74. The monoisotopic (exact) mass is 351 g/mol. The van der Waals surface area contributed by atoms with Crippen LogP contribution in [0.3, 0.4) is 0 Å². The molecule has 5 heteroatoms. The van der Waals surface area contributed by atoms with E-state index in [4.69, 9.17) is 0 Å². The number of hydrogen-bond acceptors (Lipinski definition) is 2. The number of nitrogens with zero attached hydrogens (tertiary/aromatic N) is 1. The number of anilines is 1. The maximum atomic E-state index is 13.0. The number of hydrogen-bond donors (Lipinski definition) is 2. The second-order valence-electron chi connectivity index (χ2n) is 6.83. The van der Waals surface area contributed by atoms with Crippen molar-refractivity contribution in [2.75, 3.05) is 18.4 Å². The zero-order valence-corrected chi connectivity index (χ0v) is 14.7. The zero-order chi connectivity index (χ0) is 18.1. The summed E-state index contributed by atoms with van der Waals surface area (Å²) in [4.78, 5) is 14.6. The van der Waals surface area contributed by atoms with Crippen LogP contribution in [0.5, 0.6) is 0 Å². The molecule has 2 aliphatic heterocycles. The second kappa shape index (κ2) is 6.92. The molecule has 2 N–H and O–H groups in total. The van der Waals surface area contributed by atoms with E-state index in [2.05, 4.69) is 41.0 Å². The Morgan fingerprint density at radius 2 is 1.77 bits per heavy atom. The summed E-state index contributed by atoms with van der Waals surface area (Å²) in [6.07, 6.45) is 4.11. The molecular weight excluding hydrogens is 329 g/mol. The summed E-state index contributed by atoms with van der Waals surface area (Å²) in [7, 11) is 0. The van der Waals surface area contributed by atoms with Gasteiger partial charge in [0, 0.05) is 24.7 Å². The van der Waals surface area contributed by atoms with Crippen LogP contribution in [-0.4, -0.2) is 36.1 Å². The van der Waals surface area contributed by atoms with Crippen LogP contribution in [0.1, 0.15) is 24.0 Å². The molecule has 4 nitrogen and oxygen atoms in total. The highest BCUT2D eigenvalue weighted by atomic mass is 19.1. The summed E-state index contributed by atoms with van der Waals surface area (Å²) in [5, 5.41) is 6.27. The van der Waals surface area contributed by atoms with Gasteiger partial charge >= 0.3 is 6.03 Å². The van der Waals surface area contributed by atoms with Gasteiger partial charge < -0.3 is 15.5 Å². The van der Waals surface area contributed by atoms with Gasteiger partial charge in [0.25, 0.3) is 0 Å². The normalized spacial score (nSPS) is 24.4. The minimum Gasteiger partial charge on any atom is -0.315 e. The van der Waals surface area contributed by atoms with Gasteiger partial charge in [-0.2, -0.15) is 0 Å². The van der Waals surface area contributed by atoms with Gasteiger partial charge in [-0.05, 0) is 42.3 Å². The van der Waals surface area contributed by atoms with Crippen molar-refractivity contribution in [2.45, 2.75) is 24.9 Å². The Hall–Kier alpha value is -2.66. The van der Waals surface area contributed by atoms with Crippen molar-refractivity contribution in [3.8, 4) is 0 Å². The van der Waals surface area contributed by atoms with Gasteiger partial charge in [-0.15, -0.1) is 0 Å². The smallest absolute Gasteiger partial charge is 0.315 e. The van der Waals surface area contributed by atoms with E-state index in [1.807, 2.05) is 17.9 Å². The number of allylic oxidation sites excluding steroid dienone is 1. The lowest BCUT2D eigenvalue weighted by molar-refractivity contribution is 0.00201. The number of piperidine rings is 1. The van der Waals surface area contributed by atoms with E-state index < -0.39 is 0 Å². The molecule has 0 radical (unpaired) electrons. The second-order valence-corrected chi connectivity index (χ2v) is 6.83. The molecule has 2 aliphatic rings. The quantitative estimate of drug-likeness (QED) is 0.883. The minimum absolute atomic E-state index is 0.116. The maximum Gasteiger partial charge on any atom is 0.322 e. The number of halogens is 1. The molecule has 2 aromatic rings. The number of carbonyl (C=O) groups excluding carboxylic acids is 1. The van der Waals surface area contributed by atoms with Crippen molar-refractivity contribution >= 4 is 17.8 Å². The van der Waals surface area contributed by atoms with Crippen molar-refractivity contribution in [1.29, 1.82) is 0 Å². The topological polar surface area (TPSA) is 44.4 Å². The predicted molar refractivity (Wildman–Crippen MR) is 102 cm³/mol. The van der Waals surface area contributed by atoms with Crippen LogP contribution in [0.2, 0.25) is 0 Å². The van der Waals surface area contributed by atoms with Gasteiger partial charge in [0.15, 0.2) is 0 Å². The van der Waals surface area contributed by atoms with E-state index in [1.54, 1.807) is 12.1 Å². The Bertz CT molecular complexity index is 804. The molecule has 0 aliphatic carbocycles. The average Bonchev–Trinajstić information content (AvgIpc) is 2.66. The van der Waals surface area contributed by atoms with Gasteiger partial charge in [-0.3, -0.25) is 0 Å². The summed E-state index contributed by atoms with van der Waals surface area (Å²) in [6, 6.07) is 14.6. The number of fused-ring (bicyclic) bond motifs is 2. The standard InChI is InChI=1S/C21H22FN3O/c1-2-3-14-4-6-15(7-5-14)20-18-12-23-13-19(20)25(18)21(26)24-17-10-8-16(22)9-11-17/h2-11,18-20,23H,12-13H2,1H3,(H,24,26)/b3-2+/t18-,19+,20?. The Balaban J connectivity index is 1.48. The number of carbonyl (C=O) groups is 1. The highest BCUT2D eigenvalue weighted by Crippen LogP contribution is 2.42. The predicted octanol–water partition coefficient (Wildman–Crippen LogP) is 3.83. The maximum absolute atomic E-state index is 13.0. The van der Waals surface area contributed by atoms with Gasteiger partial charge in [0.2, 0.25) is 0 Å². The Morgan fingerprint density at radius 3 is 2.38 bits per heavy atom. The van der Waals surface area contributed by atoms with Crippen molar-refractivity contribution in [1.82, 2.24) is 10.2 Å². The van der Waals surface area contributed by atoms with Crippen LogP contribution in [-0.2, 0) is 0 Å². The fourth-order valence-corrected chi connectivity index (χ4v) is 4.07. The van der Waals surface area contributed by atoms with Crippen LogP contribution >= 0.6 is 0 Å². The van der Waals surface area contributed by atoms with Crippen molar-refractivity contribution in [2.24, 2.45) is 0 Å². The van der Waals surface area contributed by atoms with Gasteiger partial charge in [0.1, 0.15) is 5.82 Å². The Labute approximate surface area is 152 Å². The van der Waals surface area contributed by atoms with Crippen LogP contribution in [0.25, 0.3) is 6.08 Å². The van der Waals surface area contributed by atoms with Crippen LogP contribution in [0.4, 0.5) is 14.9 Å². The van der Waals surface area contributed by atoms with Crippen LogP contribution in [0, 0.1) is 5.82 Å². The fraction of sp³-hybridized carbons (Fsp3) is 0.286. The van der Waals surface area contributed by atoms with Crippen LogP contribution in [0.15, 0.2) is 54.6 Å². The molecule has 4 rings (SSSR count). The zero-order valence-electron chi connectivity index (χ0n) is 14.7. The minimum atomic E-state index is -0.311. The summed E-state index contributed by atoms with van der Waals surface area (Å²) in [5.41, 5.74) is 3.08. The first-order chi connectivity index (χ1) is 12.7. The first kappa shape index (κ1) is 16.8. The van der Waals surface area contributed by atoms with Crippen LogP contribution < -0.4 is 10.6 Å². The molecule has 0 spiro atoms. The third kappa shape index (κ3) is 2.99. The number of benzene rings is 2. The summed E-state index contributed by atoms with van der Waals surface area (Å²) in [5.74, 6) is 0.0457. The molecule has 0 aromatic heterocycles. The summed E-state index contributed by atoms with van der Waals surface area (Å²) >= 11 is 0. The third-order valence-electron chi connectivity index (χ3n) is 5.26. The Morgan fingerprint density at radius 1 is 1.12 bits per heavy atom. The largest absolute Gasteiger partial charge is 0.322 e. The number of amides is 2. The summed E-state index contributed by atoms with van der Waals surface area (Å²) < 4.78 is 13.0. The lowest BCUT2D eigenvalue weighted by atomic mass is 9.72. The lowest BCUT2D eigenvalue weighted by Gasteiger charge is -2.59. The first-order valence-electron chi connectivity index (χ1n) is 8.95. The van der Waals surface area contributed by atoms with Gasteiger partial charge in [-0.25, -0.2) is 9.18 Å². The average molecular weight is 351 g/mol. The number of urea groups is 1. The van der Waals surface area contributed by atoms with E-state index in [-0.39, 0.29) is 23.9 Å². The SMILES string of the molecule is C/C=C/c1ccc(C2[C@H]3CNC[C@@H]2N3C(=O)Nc2ccc(F)cc2)cc1. The number of likely N-dealkylation sites (tertiary alicyclic amines) is 1. The molecule has 0 saturated carbocycles.